The van der Waals surface area contributed by atoms with E-state index in [4.69, 9.17) is 15.9 Å². The lowest BCUT2D eigenvalue weighted by molar-refractivity contribution is 0.414. The first-order valence-electron chi connectivity index (χ1n) is 10.2. The second-order valence-electron chi connectivity index (χ2n) is 7.39. The van der Waals surface area contributed by atoms with Gasteiger partial charge in [0, 0.05) is 23.9 Å². The van der Waals surface area contributed by atoms with Crippen molar-refractivity contribution in [2.45, 2.75) is 12.3 Å². The van der Waals surface area contributed by atoms with Gasteiger partial charge in [-0.25, -0.2) is 14.8 Å². The molecule has 9 nitrogen and oxygen atoms in total. The second kappa shape index (κ2) is 9.31. The number of rotatable bonds is 8. The molecule has 0 saturated carbocycles. The number of amidine groups is 1. The summed E-state index contributed by atoms with van der Waals surface area (Å²) in [4.78, 5) is 23.8. The van der Waals surface area contributed by atoms with Crippen LogP contribution >= 0.6 is 0 Å². The van der Waals surface area contributed by atoms with Gasteiger partial charge in [-0.05, 0) is 41.3 Å². The standard InChI is InChI=1S/C24H23N7O2/c1-3-15-11-18(14-19(12-15)33-2)20(13-16-5-7-17(8-6-16)21(25)26)22-29-24(32)31(30-22)23-27-9-4-10-28-23/h3-12,14,20H,1,13H2,2H3,(H3,25,26)(H,29,30,32). The summed E-state index contributed by atoms with van der Waals surface area (Å²) < 4.78 is 6.62. The Kier molecular flexibility index (Phi) is 6.12. The van der Waals surface area contributed by atoms with Gasteiger partial charge in [0.15, 0.2) is 0 Å². The van der Waals surface area contributed by atoms with Gasteiger partial charge < -0.3 is 10.5 Å². The van der Waals surface area contributed by atoms with E-state index in [2.05, 4.69) is 26.6 Å². The Labute approximate surface area is 190 Å². The average Bonchev–Trinajstić information content (AvgIpc) is 3.24. The van der Waals surface area contributed by atoms with E-state index in [0.29, 0.717) is 23.6 Å². The molecule has 4 rings (SSSR count). The fraction of sp³-hybridized carbons (Fsp3) is 0.125. The molecule has 0 amide bonds. The molecule has 0 bridgehead atoms. The molecule has 1 atom stereocenters. The van der Waals surface area contributed by atoms with E-state index in [1.54, 1.807) is 43.8 Å². The third kappa shape index (κ3) is 4.72. The molecule has 0 fully saturated rings. The van der Waals surface area contributed by atoms with E-state index in [1.807, 2.05) is 30.3 Å². The Morgan fingerprint density at radius 3 is 2.61 bits per heavy atom. The van der Waals surface area contributed by atoms with Gasteiger partial charge in [-0.3, -0.25) is 10.4 Å². The first-order chi connectivity index (χ1) is 16.0. The number of nitrogens with one attached hydrogen (secondary N) is 2. The largest absolute Gasteiger partial charge is 0.497 e. The van der Waals surface area contributed by atoms with E-state index in [-0.39, 0.29) is 17.7 Å². The minimum atomic E-state index is -0.431. The molecule has 4 N–H and O–H groups in total. The van der Waals surface area contributed by atoms with Crippen LogP contribution in [0.3, 0.4) is 0 Å². The molecule has 1 unspecified atom stereocenters. The van der Waals surface area contributed by atoms with Crippen molar-refractivity contribution < 1.29 is 4.74 Å². The predicted octanol–water partition coefficient (Wildman–Crippen LogP) is 2.66. The smallest absolute Gasteiger partial charge is 0.350 e. The SMILES string of the molecule is C=Cc1cc(OC)cc(C(Cc2ccc(C(=N)N)cc2)c2nn(-c3ncccn3)c(=O)[nH]2)c1. The van der Waals surface area contributed by atoms with E-state index in [9.17, 15) is 4.79 Å². The lowest BCUT2D eigenvalue weighted by Gasteiger charge is -2.17. The third-order valence-electron chi connectivity index (χ3n) is 5.24. The molecule has 0 aliphatic rings. The Hall–Kier alpha value is -4.53. The van der Waals surface area contributed by atoms with Gasteiger partial charge >= 0.3 is 5.69 Å². The van der Waals surface area contributed by atoms with Crippen LogP contribution in [0.2, 0.25) is 0 Å². The van der Waals surface area contributed by atoms with Gasteiger partial charge in [0.25, 0.3) is 5.95 Å². The van der Waals surface area contributed by atoms with Crippen molar-refractivity contribution in [2.75, 3.05) is 7.11 Å². The number of benzene rings is 2. The van der Waals surface area contributed by atoms with Crippen LogP contribution in [0.4, 0.5) is 0 Å². The first kappa shape index (κ1) is 21.7. The lowest BCUT2D eigenvalue weighted by Crippen LogP contribution is -2.18. The number of nitrogens with zero attached hydrogens (tertiary/aromatic N) is 4. The number of methoxy groups -OCH3 is 1. The monoisotopic (exact) mass is 441 g/mol. The van der Waals surface area contributed by atoms with Crippen molar-refractivity contribution in [3.63, 3.8) is 0 Å². The average molecular weight is 441 g/mol. The molecular weight excluding hydrogens is 418 g/mol. The van der Waals surface area contributed by atoms with Gasteiger partial charge in [-0.2, -0.15) is 0 Å². The fourth-order valence-electron chi connectivity index (χ4n) is 3.54. The minimum absolute atomic E-state index is 0.00690. The van der Waals surface area contributed by atoms with Crippen LogP contribution in [0.5, 0.6) is 5.75 Å². The Morgan fingerprint density at radius 2 is 1.97 bits per heavy atom. The van der Waals surface area contributed by atoms with Crippen LogP contribution in [-0.2, 0) is 6.42 Å². The molecule has 2 heterocycles. The van der Waals surface area contributed by atoms with Gasteiger partial charge in [0.05, 0.1) is 7.11 Å². The maximum Gasteiger partial charge on any atom is 0.350 e. The number of H-pyrrole nitrogens is 1. The maximum absolute atomic E-state index is 12.7. The zero-order valence-electron chi connectivity index (χ0n) is 18.0. The molecule has 33 heavy (non-hydrogen) atoms. The summed E-state index contributed by atoms with van der Waals surface area (Å²) in [5.74, 6) is 1.03. The van der Waals surface area contributed by atoms with Crippen LogP contribution in [0.25, 0.3) is 12.0 Å². The summed E-state index contributed by atoms with van der Waals surface area (Å²) in [6.45, 7) is 3.87. The number of hydrogen-bond donors (Lipinski definition) is 3. The van der Waals surface area contributed by atoms with Gasteiger partial charge in [0.1, 0.15) is 17.4 Å². The van der Waals surface area contributed by atoms with Crippen LogP contribution in [-0.4, -0.2) is 37.7 Å². The van der Waals surface area contributed by atoms with E-state index in [1.165, 1.54) is 0 Å². The van der Waals surface area contributed by atoms with E-state index in [0.717, 1.165) is 21.4 Å². The number of hydrogen-bond acceptors (Lipinski definition) is 6. The summed E-state index contributed by atoms with van der Waals surface area (Å²) in [5, 5.41) is 12.1. The molecule has 0 aliphatic heterocycles. The van der Waals surface area contributed by atoms with E-state index < -0.39 is 5.69 Å². The van der Waals surface area contributed by atoms with Gasteiger partial charge in [-0.1, -0.05) is 43.0 Å². The Morgan fingerprint density at radius 1 is 1.24 bits per heavy atom. The highest BCUT2D eigenvalue weighted by Crippen LogP contribution is 2.30. The van der Waals surface area contributed by atoms with Crippen LogP contribution < -0.4 is 16.2 Å². The molecule has 0 spiro atoms. The van der Waals surface area contributed by atoms with Crippen molar-refractivity contribution in [3.05, 3.63) is 106 Å². The highest BCUT2D eigenvalue weighted by atomic mass is 16.5. The quantitative estimate of drug-likeness (QED) is 0.284. The summed E-state index contributed by atoms with van der Waals surface area (Å²) in [5.41, 5.74) is 8.56. The van der Waals surface area contributed by atoms with Crippen LogP contribution in [0, 0.1) is 5.41 Å². The minimum Gasteiger partial charge on any atom is -0.497 e. The number of nitrogens with two attached hydrogens (primary N) is 1. The molecule has 0 aliphatic carbocycles. The van der Waals surface area contributed by atoms with Crippen molar-refractivity contribution in [3.8, 4) is 11.7 Å². The molecule has 0 saturated heterocycles. The van der Waals surface area contributed by atoms with Gasteiger partial charge in [0.2, 0.25) is 0 Å². The highest BCUT2D eigenvalue weighted by molar-refractivity contribution is 5.94. The van der Waals surface area contributed by atoms with Crippen LogP contribution in [0.15, 0.2) is 72.3 Å². The molecule has 166 valence electrons. The summed E-state index contributed by atoms with van der Waals surface area (Å²) >= 11 is 0. The van der Waals surface area contributed by atoms with Crippen molar-refractivity contribution in [1.29, 1.82) is 5.41 Å². The van der Waals surface area contributed by atoms with E-state index >= 15 is 0 Å². The summed E-state index contributed by atoms with van der Waals surface area (Å²) in [6.07, 6.45) is 5.37. The number of aromatic nitrogens is 5. The zero-order valence-corrected chi connectivity index (χ0v) is 18.0. The maximum atomic E-state index is 12.7. The fourth-order valence-corrected chi connectivity index (χ4v) is 3.54. The molecule has 4 aromatic rings. The lowest BCUT2D eigenvalue weighted by atomic mass is 9.89. The van der Waals surface area contributed by atoms with Gasteiger partial charge in [-0.15, -0.1) is 9.78 Å². The van der Waals surface area contributed by atoms with Crippen molar-refractivity contribution in [1.82, 2.24) is 24.7 Å². The third-order valence-corrected chi connectivity index (χ3v) is 5.24. The topological polar surface area (TPSA) is 136 Å². The number of nitrogen functional groups attached to an aromatic ring is 1. The normalized spacial score (nSPS) is 11.7. The predicted molar refractivity (Wildman–Crippen MR) is 126 cm³/mol. The van der Waals surface area contributed by atoms with Crippen molar-refractivity contribution in [2.24, 2.45) is 5.73 Å². The second-order valence-corrected chi connectivity index (χ2v) is 7.39. The Balaban J connectivity index is 1.81. The van der Waals surface area contributed by atoms with Crippen LogP contribution in [0.1, 0.15) is 34.0 Å². The zero-order chi connectivity index (χ0) is 23.4. The summed E-state index contributed by atoms with van der Waals surface area (Å²) in [6, 6.07) is 14.9. The Bertz CT molecular complexity index is 1340. The number of ether oxygens (including phenoxy) is 1. The molecule has 0 radical (unpaired) electrons. The molecule has 2 aromatic heterocycles. The first-order valence-corrected chi connectivity index (χ1v) is 10.2. The van der Waals surface area contributed by atoms with Crippen molar-refractivity contribution >= 4 is 11.9 Å². The molecular formula is C24H23N7O2. The number of aromatic amines is 1. The highest BCUT2D eigenvalue weighted by Gasteiger charge is 2.22. The summed E-state index contributed by atoms with van der Waals surface area (Å²) in [7, 11) is 1.60. The molecule has 9 heteroatoms. The molecule has 2 aromatic carbocycles.